The maximum absolute atomic E-state index is 13.5. The highest BCUT2D eigenvalue weighted by atomic mass is 32.2. The van der Waals surface area contributed by atoms with Crippen LogP contribution < -0.4 is 0 Å². The predicted molar refractivity (Wildman–Crippen MR) is 168 cm³/mol. The van der Waals surface area contributed by atoms with Crippen molar-refractivity contribution in [1.82, 2.24) is 4.90 Å². The van der Waals surface area contributed by atoms with E-state index in [1.165, 1.54) is 6.92 Å². The van der Waals surface area contributed by atoms with Gasteiger partial charge in [0, 0.05) is 11.7 Å². The molecule has 258 valence electrons. The lowest BCUT2D eigenvalue weighted by molar-refractivity contribution is -0.206. The normalized spacial score (nSPS) is 19.2. The lowest BCUT2D eigenvalue weighted by Crippen LogP contribution is -2.72. The van der Waals surface area contributed by atoms with Gasteiger partial charge in [-0.3, -0.25) is 24.0 Å². The number of rotatable bonds is 15. The fourth-order valence-electron chi connectivity index (χ4n) is 4.28. The first-order valence-electron chi connectivity index (χ1n) is 15.0. The Labute approximate surface area is 271 Å². The zero-order chi connectivity index (χ0) is 35.1. The van der Waals surface area contributed by atoms with Crippen LogP contribution in [0, 0.1) is 23.2 Å². The van der Waals surface area contributed by atoms with Gasteiger partial charge in [-0.05, 0) is 59.7 Å². The van der Waals surface area contributed by atoms with Gasteiger partial charge in [0.15, 0.2) is 19.4 Å². The van der Waals surface area contributed by atoms with Crippen molar-refractivity contribution >= 4 is 55.0 Å². The lowest BCUT2D eigenvalue weighted by atomic mass is 9.76. The van der Waals surface area contributed by atoms with Gasteiger partial charge in [-0.2, -0.15) is 0 Å². The summed E-state index contributed by atoms with van der Waals surface area (Å²) in [5, 5.41) is 10.2. The number of aliphatic hydroxyl groups excluding tert-OH is 1. The van der Waals surface area contributed by atoms with Gasteiger partial charge in [-0.25, -0.2) is 4.79 Å². The van der Waals surface area contributed by atoms with E-state index < -0.39 is 91.6 Å². The molecule has 1 saturated heterocycles. The van der Waals surface area contributed by atoms with E-state index >= 15 is 0 Å². The first-order chi connectivity index (χ1) is 20.5. The number of thioether (sulfide) groups is 1. The van der Waals surface area contributed by atoms with Crippen LogP contribution in [-0.2, 0) is 52.1 Å². The Hall–Kier alpha value is -2.49. The Kier molecular flexibility index (Phi) is 14.7. The molecule has 0 aromatic carbocycles. The molecular formula is C30H51NO12SSi. The summed E-state index contributed by atoms with van der Waals surface area (Å²) in [5.74, 6) is -7.66. The fourth-order valence-corrected chi connectivity index (χ4v) is 6.72. The standard InChI is InChI=1S/C30H51NO12SSi/c1-13-39-24(34)19(25(35)40-14-2)15-44-27(37)17(3)21-20(18(4)43-45(11,12)30(8,9)10)22(32)31(21)23(33)26(36)41-16-42-28(38)29(5,6)7/h17-21,23,33H,13-16H2,1-12H3/t17-,18-,20-,21-,23?/m1/s1. The molecule has 1 fully saturated rings. The molecule has 45 heavy (non-hydrogen) atoms. The molecular weight excluding hydrogens is 626 g/mol. The largest absolute Gasteiger partial charge is 0.465 e. The summed E-state index contributed by atoms with van der Waals surface area (Å²) in [6.45, 7) is 20.7. The second-order valence-electron chi connectivity index (χ2n) is 13.5. The molecule has 1 unspecified atom stereocenters. The molecule has 0 aliphatic carbocycles. The number of carbonyl (C=O) groups is 6. The van der Waals surface area contributed by atoms with E-state index in [2.05, 4.69) is 0 Å². The van der Waals surface area contributed by atoms with Crippen LogP contribution in [0.5, 0.6) is 0 Å². The zero-order valence-electron chi connectivity index (χ0n) is 28.6. The predicted octanol–water partition coefficient (Wildman–Crippen LogP) is 3.27. The van der Waals surface area contributed by atoms with Crippen molar-refractivity contribution in [3.05, 3.63) is 0 Å². The van der Waals surface area contributed by atoms with Crippen LogP contribution in [0.25, 0.3) is 0 Å². The third kappa shape index (κ3) is 10.5. The smallest absolute Gasteiger partial charge is 0.359 e. The number of β-lactam (4-membered cyclic amide) rings is 1. The van der Waals surface area contributed by atoms with Gasteiger partial charge in [0.2, 0.25) is 18.9 Å². The molecule has 0 spiro atoms. The van der Waals surface area contributed by atoms with Crippen molar-refractivity contribution in [3.63, 3.8) is 0 Å². The van der Waals surface area contributed by atoms with Crippen LogP contribution in [0.1, 0.15) is 69.2 Å². The van der Waals surface area contributed by atoms with Crippen molar-refractivity contribution in [2.45, 2.75) is 106 Å². The second-order valence-corrected chi connectivity index (χ2v) is 19.2. The summed E-state index contributed by atoms with van der Waals surface area (Å²) in [7, 11) is -2.39. The topological polar surface area (TPSA) is 172 Å². The molecule has 0 bridgehead atoms. The number of amides is 1. The summed E-state index contributed by atoms with van der Waals surface area (Å²) >= 11 is 0.686. The van der Waals surface area contributed by atoms with E-state index in [0.29, 0.717) is 11.8 Å². The van der Waals surface area contributed by atoms with Crippen LogP contribution >= 0.6 is 11.8 Å². The summed E-state index contributed by atoms with van der Waals surface area (Å²) < 4.78 is 26.3. The van der Waals surface area contributed by atoms with E-state index in [-0.39, 0.29) is 24.0 Å². The molecule has 0 aromatic heterocycles. The number of carbonyl (C=O) groups excluding carboxylic acids is 6. The average molecular weight is 678 g/mol. The number of esters is 4. The Morgan fingerprint density at radius 2 is 1.40 bits per heavy atom. The summed E-state index contributed by atoms with van der Waals surface area (Å²) in [6.07, 6.45) is -2.78. The van der Waals surface area contributed by atoms with E-state index in [1.807, 2.05) is 33.9 Å². The number of hydrogen-bond acceptors (Lipinski definition) is 13. The highest BCUT2D eigenvalue weighted by Crippen LogP contribution is 2.43. The average Bonchev–Trinajstić information content (AvgIpc) is 2.89. The van der Waals surface area contributed by atoms with Crippen LogP contribution in [0.2, 0.25) is 18.1 Å². The number of ether oxygens (including phenoxy) is 4. The number of hydrogen-bond donors (Lipinski definition) is 1. The van der Waals surface area contributed by atoms with Crippen molar-refractivity contribution in [2.75, 3.05) is 25.8 Å². The molecule has 5 atom stereocenters. The Morgan fingerprint density at radius 3 is 1.84 bits per heavy atom. The number of likely N-dealkylation sites (tertiary alicyclic amines) is 1. The summed E-state index contributed by atoms with van der Waals surface area (Å²) in [4.78, 5) is 77.4. The molecule has 1 amide bonds. The van der Waals surface area contributed by atoms with Gasteiger partial charge in [0.05, 0.1) is 36.7 Å². The van der Waals surface area contributed by atoms with Crippen LogP contribution in [0.3, 0.4) is 0 Å². The van der Waals surface area contributed by atoms with Crippen molar-refractivity contribution in [3.8, 4) is 0 Å². The summed E-state index contributed by atoms with van der Waals surface area (Å²) in [6, 6.07) is -0.999. The number of aliphatic hydroxyl groups is 1. The zero-order valence-corrected chi connectivity index (χ0v) is 30.4. The minimum Gasteiger partial charge on any atom is -0.465 e. The van der Waals surface area contributed by atoms with Gasteiger partial charge in [0.1, 0.15) is 0 Å². The second kappa shape index (κ2) is 16.4. The molecule has 13 nitrogen and oxygen atoms in total. The van der Waals surface area contributed by atoms with Gasteiger partial charge < -0.3 is 33.4 Å². The quantitative estimate of drug-likeness (QED) is 0.0669. The van der Waals surface area contributed by atoms with E-state index in [1.54, 1.807) is 41.5 Å². The highest BCUT2D eigenvalue weighted by molar-refractivity contribution is 8.13. The molecule has 1 N–H and O–H groups in total. The van der Waals surface area contributed by atoms with Crippen molar-refractivity contribution in [2.24, 2.45) is 23.2 Å². The van der Waals surface area contributed by atoms with E-state index in [4.69, 9.17) is 23.4 Å². The Morgan fingerprint density at radius 1 is 0.889 bits per heavy atom. The van der Waals surface area contributed by atoms with Crippen LogP contribution in [0.4, 0.5) is 0 Å². The van der Waals surface area contributed by atoms with Gasteiger partial charge in [-0.1, -0.05) is 39.5 Å². The monoisotopic (exact) mass is 677 g/mol. The van der Waals surface area contributed by atoms with Gasteiger partial charge in [0.25, 0.3) is 0 Å². The maximum Gasteiger partial charge on any atom is 0.359 e. The van der Waals surface area contributed by atoms with E-state index in [0.717, 1.165) is 4.90 Å². The Bertz CT molecular complexity index is 1080. The summed E-state index contributed by atoms with van der Waals surface area (Å²) in [5.41, 5.74) is -0.857. The lowest BCUT2D eigenvalue weighted by Gasteiger charge is -2.53. The minimum absolute atomic E-state index is 0.0279. The maximum atomic E-state index is 13.5. The highest BCUT2D eigenvalue weighted by Gasteiger charge is 2.58. The van der Waals surface area contributed by atoms with Crippen molar-refractivity contribution in [1.29, 1.82) is 0 Å². The SMILES string of the molecule is CCOC(=O)C(CSC(=O)[C@H](C)[C@@H]1[C@@H]([C@@H](C)O[Si](C)(C)C(C)(C)C)C(=O)N1C(O)C(=O)OCOC(=O)C(C)(C)C)C(=O)OCC. The Balaban J connectivity index is 3.25. The molecule has 0 radical (unpaired) electrons. The fraction of sp³-hybridized carbons (Fsp3) is 0.800. The van der Waals surface area contributed by atoms with Gasteiger partial charge in [-0.15, -0.1) is 0 Å². The minimum atomic E-state index is -2.39. The van der Waals surface area contributed by atoms with Crippen molar-refractivity contribution < 1.29 is 57.2 Å². The molecule has 0 saturated carbocycles. The van der Waals surface area contributed by atoms with E-state index in [9.17, 15) is 33.9 Å². The molecule has 1 aliphatic heterocycles. The number of nitrogens with zero attached hydrogens (tertiary/aromatic N) is 1. The van der Waals surface area contributed by atoms with Crippen LogP contribution in [0.15, 0.2) is 0 Å². The molecule has 1 heterocycles. The molecule has 15 heteroatoms. The van der Waals surface area contributed by atoms with Crippen LogP contribution in [-0.4, -0.2) is 97.4 Å². The third-order valence-electron chi connectivity index (χ3n) is 7.92. The van der Waals surface area contributed by atoms with Gasteiger partial charge >= 0.3 is 23.9 Å². The first kappa shape index (κ1) is 40.5. The first-order valence-corrected chi connectivity index (χ1v) is 18.9. The third-order valence-corrected chi connectivity index (χ3v) is 13.6. The molecule has 1 aliphatic rings. The molecule has 0 aromatic rings. The molecule has 1 rings (SSSR count).